The number of nitrogens with zero attached hydrogens (tertiary/aromatic N) is 3. The second kappa shape index (κ2) is 9.31. The summed E-state index contributed by atoms with van der Waals surface area (Å²) < 4.78 is 1.47. The lowest BCUT2D eigenvalue weighted by atomic mass is 9.96. The first-order valence-corrected chi connectivity index (χ1v) is 11.3. The number of aromatic nitrogens is 2. The van der Waals surface area contributed by atoms with Crippen LogP contribution >= 0.6 is 0 Å². The topological polar surface area (TPSA) is 84.3 Å². The molecule has 170 valence electrons. The number of likely N-dealkylation sites (tertiary alicyclic amines) is 1. The third-order valence-electron chi connectivity index (χ3n) is 6.18. The molecule has 1 aromatic heterocycles. The Morgan fingerprint density at radius 3 is 2.44 bits per heavy atom. The zero-order chi connectivity index (χ0) is 23.5. The van der Waals surface area contributed by atoms with Crippen LogP contribution in [0.5, 0.6) is 0 Å². The van der Waals surface area contributed by atoms with Crippen molar-refractivity contribution in [2.45, 2.75) is 12.8 Å². The molecule has 0 spiro atoms. The van der Waals surface area contributed by atoms with Crippen LogP contribution in [-0.2, 0) is 4.79 Å². The Morgan fingerprint density at radius 2 is 1.65 bits per heavy atom. The summed E-state index contributed by atoms with van der Waals surface area (Å²) in [4.78, 5) is 44.8. The van der Waals surface area contributed by atoms with Gasteiger partial charge in [-0.2, -0.15) is 0 Å². The molecular weight excluding hydrogens is 428 g/mol. The number of anilines is 1. The highest BCUT2D eigenvalue weighted by Crippen LogP contribution is 2.21. The Bertz CT molecular complexity index is 1400. The van der Waals surface area contributed by atoms with Gasteiger partial charge in [-0.25, -0.2) is 4.98 Å². The van der Waals surface area contributed by atoms with Crippen molar-refractivity contribution in [1.29, 1.82) is 0 Å². The van der Waals surface area contributed by atoms with Crippen LogP contribution in [0.2, 0.25) is 0 Å². The zero-order valence-electron chi connectivity index (χ0n) is 18.6. The van der Waals surface area contributed by atoms with Crippen LogP contribution < -0.4 is 10.9 Å². The average molecular weight is 453 g/mol. The number of amides is 2. The van der Waals surface area contributed by atoms with Crippen molar-refractivity contribution < 1.29 is 9.59 Å². The molecule has 1 N–H and O–H groups in total. The van der Waals surface area contributed by atoms with E-state index in [9.17, 15) is 14.4 Å². The van der Waals surface area contributed by atoms with Gasteiger partial charge in [0.2, 0.25) is 5.91 Å². The van der Waals surface area contributed by atoms with Gasteiger partial charge in [-0.05, 0) is 61.4 Å². The largest absolute Gasteiger partial charge is 0.338 e. The monoisotopic (exact) mass is 452 g/mol. The fourth-order valence-electron chi connectivity index (χ4n) is 4.34. The van der Waals surface area contributed by atoms with Gasteiger partial charge in [-0.3, -0.25) is 19.0 Å². The van der Waals surface area contributed by atoms with Crippen molar-refractivity contribution in [2.75, 3.05) is 18.4 Å². The van der Waals surface area contributed by atoms with E-state index in [1.165, 1.54) is 10.9 Å². The number of piperidine rings is 1. The number of para-hydroxylation sites is 2. The summed E-state index contributed by atoms with van der Waals surface area (Å²) in [7, 11) is 0. The Labute approximate surface area is 196 Å². The normalized spacial score (nSPS) is 15.8. The molecule has 2 amide bonds. The van der Waals surface area contributed by atoms with E-state index >= 15 is 0 Å². The van der Waals surface area contributed by atoms with E-state index in [4.69, 9.17) is 0 Å². The molecule has 3 aromatic carbocycles. The van der Waals surface area contributed by atoms with Crippen molar-refractivity contribution >= 4 is 28.4 Å². The SMILES string of the molecule is O=C(Nc1ccccc1)C1CCCN(C(=O)c2ccc(-n3cnc4ccccc4c3=O)cc2)C1. The maximum atomic E-state index is 13.1. The molecule has 1 atom stereocenters. The smallest absolute Gasteiger partial charge is 0.265 e. The van der Waals surface area contributed by atoms with Crippen LogP contribution in [0.1, 0.15) is 23.2 Å². The maximum absolute atomic E-state index is 13.1. The number of hydrogen-bond donors (Lipinski definition) is 1. The van der Waals surface area contributed by atoms with Gasteiger partial charge in [0.05, 0.1) is 22.5 Å². The summed E-state index contributed by atoms with van der Waals surface area (Å²) in [6.45, 7) is 0.997. The van der Waals surface area contributed by atoms with Gasteiger partial charge in [0, 0.05) is 24.3 Å². The number of nitrogens with one attached hydrogen (secondary N) is 1. The first kappa shape index (κ1) is 21.6. The lowest BCUT2D eigenvalue weighted by Crippen LogP contribution is -2.43. The Kier molecular flexibility index (Phi) is 5.91. The Hall–Kier alpha value is -4.26. The van der Waals surface area contributed by atoms with E-state index in [0.29, 0.717) is 35.2 Å². The summed E-state index contributed by atoms with van der Waals surface area (Å²) in [5.41, 5.74) is 2.40. The fraction of sp³-hybridized carbons (Fsp3) is 0.185. The van der Waals surface area contributed by atoms with Gasteiger partial charge in [0.25, 0.3) is 11.5 Å². The third kappa shape index (κ3) is 4.32. The molecule has 2 heterocycles. The van der Waals surface area contributed by atoms with Crippen molar-refractivity contribution in [3.63, 3.8) is 0 Å². The Balaban J connectivity index is 1.30. The summed E-state index contributed by atoms with van der Waals surface area (Å²) in [5.74, 6) is -0.436. The highest BCUT2D eigenvalue weighted by atomic mass is 16.2. The second-order valence-corrected chi connectivity index (χ2v) is 8.43. The van der Waals surface area contributed by atoms with Gasteiger partial charge in [-0.1, -0.05) is 30.3 Å². The minimum absolute atomic E-state index is 0.0674. The van der Waals surface area contributed by atoms with E-state index in [1.807, 2.05) is 42.5 Å². The van der Waals surface area contributed by atoms with E-state index in [-0.39, 0.29) is 23.3 Å². The first-order chi connectivity index (χ1) is 16.6. The molecule has 0 saturated carbocycles. The van der Waals surface area contributed by atoms with Crippen molar-refractivity contribution in [2.24, 2.45) is 5.92 Å². The predicted molar refractivity (Wildman–Crippen MR) is 131 cm³/mol. The van der Waals surface area contributed by atoms with Crippen LogP contribution in [0.4, 0.5) is 5.69 Å². The lowest BCUT2D eigenvalue weighted by molar-refractivity contribution is -0.121. The standard InChI is InChI=1S/C27H24N4O3/c32-25(29-21-8-2-1-3-9-21)20-7-6-16-30(17-20)26(33)19-12-14-22(15-13-19)31-18-28-24-11-5-4-10-23(24)27(31)34/h1-5,8-15,18,20H,6-7,16-17H2,(H,29,32). The summed E-state index contributed by atoms with van der Waals surface area (Å²) in [6, 6.07) is 23.5. The van der Waals surface area contributed by atoms with Crippen LogP contribution in [0.3, 0.4) is 0 Å². The van der Waals surface area contributed by atoms with Crippen molar-refractivity contribution in [1.82, 2.24) is 14.5 Å². The highest BCUT2D eigenvalue weighted by molar-refractivity contribution is 5.96. The van der Waals surface area contributed by atoms with Crippen LogP contribution in [0.25, 0.3) is 16.6 Å². The summed E-state index contributed by atoms with van der Waals surface area (Å²) >= 11 is 0. The molecule has 1 unspecified atom stereocenters. The molecule has 1 saturated heterocycles. The second-order valence-electron chi connectivity index (χ2n) is 8.43. The lowest BCUT2D eigenvalue weighted by Gasteiger charge is -2.32. The molecule has 4 aromatic rings. The van der Waals surface area contributed by atoms with E-state index in [1.54, 1.807) is 41.3 Å². The van der Waals surface area contributed by atoms with Gasteiger partial charge in [-0.15, -0.1) is 0 Å². The van der Waals surface area contributed by atoms with Crippen molar-refractivity contribution in [3.05, 3.63) is 101 Å². The minimum Gasteiger partial charge on any atom is -0.338 e. The molecule has 0 bridgehead atoms. The van der Waals surface area contributed by atoms with Crippen LogP contribution in [0, 0.1) is 5.92 Å². The average Bonchev–Trinajstić information content (AvgIpc) is 2.89. The van der Waals surface area contributed by atoms with Gasteiger partial charge >= 0.3 is 0 Å². The third-order valence-corrected chi connectivity index (χ3v) is 6.18. The molecular formula is C27H24N4O3. The fourth-order valence-corrected chi connectivity index (χ4v) is 4.34. The van der Waals surface area contributed by atoms with Gasteiger partial charge in [0.15, 0.2) is 0 Å². The molecule has 5 rings (SSSR count). The number of carbonyl (C=O) groups excluding carboxylic acids is 2. The quantitative estimate of drug-likeness (QED) is 0.509. The van der Waals surface area contributed by atoms with Crippen LogP contribution in [0.15, 0.2) is 90.0 Å². The summed E-state index contributed by atoms with van der Waals surface area (Å²) in [5, 5.41) is 3.48. The minimum atomic E-state index is -0.251. The molecule has 1 fully saturated rings. The number of fused-ring (bicyclic) bond motifs is 1. The first-order valence-electron chi connectivity index (χ1n) is 11.3. The van der Waals surface area contributed by atoms with Crippen molar-refractivity contribution in [3.8, 4) is 5.69 Å². The van der Waals surface area contributed by atoms with Gasteiger partial charge in [0.1, 0.15) is 6.33 Å². The predicted octanol–water partition coefficient (Wildman–Crippen LogP) is 3.88. The number of rotatable bonds is 4. The molecule has 7 nitrogen and oxygen atoms in total. The summed E-state index contributed by atoms with van der Waals surface area (Å²) in [6.07, 6.45) is 3.02. The molecule has 1 aliphatic heterocycles. The highest BCUT2D eigenvalue weighted by Gasteiger charge is 2.29. The van der Waals surface area contributed by atoms with Gasteiger partial charge < -0.3 is 10.2 Å². The van der Waals surface area contributed by atoms with E-state index in [2.05, 4.69) is 10.3 Å². The van der Waals surface area contributed by atoms with E-state index in [0.717, 1.165) is 18.5 Å². The zero-order valence-corrected chi connectivity index (χ0v) is 18.6. The molecule has 0 radical (unpaired) electrons. The number of carbonyl (C=O) groups is 2. The Morgan fingerprint density at radius 1 is 0.912 bits per heavy atom. The molecule has 34 heavy (non-hydrogen) atoms. The molecule has 7 heteroatoms. The molecule has 0 aliphatic carbocycles. The maximum Gasteiger partial charge on any atom is 0.265 e. The van der Waals surface area contributed by atoms with Crippen LogP contribution in [-0.4, -0.2) is 39.4 Å². The molecule has 1 aliphatic rings. The van der Waals surface area contributed by atoms with E-state index < -0.39 is 0 Å². The number of benzene rings is 3. The number of hydrogen-bond acceptors (Lipinski definition) is 4.